The van der Waals surface area contributed by atoms with E-state index < -0.39 is 0 Å². The van der Waals surface area contributed by atoms with Gasteiger partial charge in [0, 0.05) is 87.5 Å². The number of hydrogen-bond acceptors (Lipinski definition) is 0. The topological polar surface area (TPSA) is 0 Å². The second-order valence-electron chi connectivity index (χ2n) is 0. The van der Waals surface area contributed by atoms with Crippen molar-refractivity contribution < 1.29 is 38.8 Å². The Morgan fingerprint density at radius 3 is 1.00 bits per heavy atom. The minimum absolute atomic E-state index is 0. The van der Waals surface area contributed by atoms with Crippen LogP contribution in [0.3, 0.4) is 0 Å². The SMILES string of the molecule is [Ca].[Fe].[Si].[Ti]. The van der Waals surface area contributed by atoms with Crippen LogP contribution in [0.1, 0.15) is 0 Å². The second kappa shape index (κ2) is 17.2. The van der Waals surface area contributed by atoms with E-state index in [9.17, 15) is 0 Å². The van der Waals surface area contributed by atoms with Gasteiger partial charge < -0.3 is 0 Å². The molecule has 0 amide bonds. The Balaban J connectivity index is 0. The van der Waals surface area contributed by atoms with Crippen LogP contribution < -0.4 is 0 Å². The summed E-state index contributed by atoms with van der Waals surface area (Å²) in [4.78, 5) is 0. The fourth-order valence-corrected chi connectivity index (χ4v) is 0. The van der Waals surface area contributed by atoms with Crippen molar-refractivity contribution >= 4 is 48.7 Å². The maximum atomic E-state index is 0. The van der Waals surface area contributed by atoms with Gasteiger partial charge in [0.15, 0.2) is 0 Å². The summed E-state index contributed by atoms with van der Waals surface area (Å²) in [6.07, 6.45) is 0. The maximum absolute atomic E-state index is 0. The van der Waals surface area contributed by atoms with Gasteiger partial charge in [-0.15, -0.1) is 0 Å². The van der Waals surface area contributed by atoms with Crippen LogP contribution in [0.5, 0.6) is 0 Å². The van der Waals surface area contributed by atoms with Crippen molar-refractivity contribution in [2.24, 2.45) is 0 Å². The van der Waals surface area contributed by atoms with Crippen LogP contribution in [0.4, 0.5) is 0 Å². The third kappa shape index (κ3) is 8.83. The molecule has 6 radical (unpaired) electrons. The van der Waals surface area contributed by atoms with Gasteiger partial charge in [-0.25, -0.2) is 0 Å². The molecule has 0 aliphatic rings. The van der Waals surface area contributed by atoms with Crippen molar-refractivity contribution in [2.45, 2.75) is 0 Å². The van der Waals surface area contributed by atoms with Crippen LogP contribution in [-0.2, 0) is 38.8 Å². The van der Waals surface area contributed by atoms with E-state index >= 15 is 0 Å². The minimum Gasteiger partial charge on any atom is 0 e. The smallest absolute Gasteiger partial charge is 0 e. The Kier molecular flexibility index (Phi) is 128. The van der Waals surface area contributed by atoms with Gasteiger partial charge in [0.2, 0.25) is 0 Å². The zero-order chi connectivity index (χ0) is 0. The largest absolute Gasteiger partial charge is 0 e. The van der Waals surface area contributed by atoms with E-state index in [0.717, 1.165) is 0 Å². The molecule has 0 atom stereocenters. The van der Waals surface area contributed by atoms with Crippen LogP contribution >= 0.6 is 0 Å². The molecule has 0 aliphatic heterocycles. The van der Waals surface area contributed by atoms with Crippen LogP contribution in [0.25, 0.3) is 0 Å². The first-order valence-corrected chi connectivity index (χ1v) is 0. The van der Waals surface area contributed by atoms with Gasteiger partial charge in [-0.3, -0.25) is 0 Å². The zero-order valence-electron chi connectivity index (χ0n) is 2.06. The summed E-state index contributed by atoms with van der Waals surface area (Å²) in [7, 11) is 0. The van der Waals surface area contributed by atoms with E-state index in [-0.39, 0.29) is 87.5 Å². The molecule has 0 unspecified atom stereocenters. The predicted octanol–water partition coefficient (Wildman–Crippen LogP) is -0.767. The molecular weight excluding hydrogens is 172 g/mol. The van der Waals surface area contributed by atoms with Gasteiger partial charge in [0.25, 0.3) is 0 Å². The molecule has 0 aromatic heterocycles. The molecular formula is CaFeSiTi. The Morgan fingerprint density at radius 2 is 1.00 bits per heavy atom. The van der Waals surface area contributed by atoms with Crippen molar-refractivity contribution in [2.75, 3.05) is 0 Å². The normalized spacial score (nSPS) is 0. The molecule has 0 fully saturated rings. The van der Waals surface area contributed by atoms with Crippen molar-refractivity contribution in [3.05, 3.63) is 0 Å². The molecule has 0 N–H and O–H groups in total. The summed E-state index contributed by atoms with van der Waals surface area (Å²) in [5, 5.41) is 0. The van der Waals surface area contributed by atoms with E-state index in [0.29, 0.717) is 0 Å². The molecule has 0 rings (SSSR count). The molecule has 0 heterocycles. The molecule has 0 aliphatic carbocycles. The van der Waals surface area contributed by atoms with Crippen molar-refractivity contribution in [3.63, 3.8) is 0 Å². The van der Waals surface area contributed by atoms with E-state index in [1.54, 1.807) is 0 Å². The average Bonchev–Trinajstić information content (AvgIpc) is 0. The standard InChI is InChI=1S/Ca.Fe.Si.Ti. The summed E-state index contributed by atoms with van der Waals surface area (Å²) in [6.45, 7) is 0. The third-order valence-corrected chi connectivity index (χ3v) is 0. The second-order valence-corrected chi connectivity index (χ2v) is 0. The summed E-state index contributed by atoms with van der Waals surface area (Å²) in [5.41, 5.74) is 0. The summed E-state index contributed by atoms with van der Waals surface area (Å²) >= 11 is 0. The van der Waals surface area contributed by atoms with Crippen LogP contribution in [-0.4, -0.2) is 48.7 Å². The Morgan fingerprint density at radius 1 is 1.00 bits per heavy atom. The first-order valence-electron chi connectivity index (χ1n) is 0. The molecule has 0 saturated heterocycles. The minimum atomic E-state index is 0. The van der Waals surface area contributed by atoms with Gasteiger partial charge >= 0.3 is 0 Å². The fourth-order valence-electron chi connectivity index (χ4n) is 0. The third-order valence-electron chi connectivity index (χ3n) is 0. The number of rotatable bonds is 0. The van der Waals surface area contributed by atoms with E-state index in [1.165, 1.54) is 0 Å². The quantitative estimate of drug-likeness (QED) is 0.421. The maximum Gasteiger partial charge on any atom is 0 e. The monoisotopic (exact) mass is 172 g/mol. The molecule has 4 heteroatoms. The molecule has 0 nitrogen and oxygen atoms in total. The van der Waals surface area contributed by atoms with Gasteiger partial charge in [0.1, 0.15) is 0 Å². The average molecular weight is 172 g/mol. The molecule has 0 aromatic rings. The summed E-state index contributed by atoms with van der Waals surface area (Å²) in [6, 6.07) is 0. The van der Waals surface area contributed by atoms with Crippen molar-refractivity contribution in [3.8, 4) is 0 Å². The molecule has 0 aromatic carbocycles. The molecule has 0 spiro atoms. The molecule has 0 saturated carbocycles. The Labute approximate surface area is 85.9 Å². The van der Waals surface area contributed by atoms with E-state index in [1.807, 2.05) is 0 Å². The Hall–Kier alpha value is 2.71. The van der Waals surface area contributed by atoms with Crippen LogP contribution in [0.15, 0.2) is 0 Å². The van der Waals surface area contributed by atoms with Gasteiger partial charge in [-0.05, 0) is 0 Å². The van der Waals surface area contributed by atoms with Crippen LogP contribution in [0, 0.1) is 0 Å². The summed E-state index contributed by atoms with van der Waals surface area (Å²) < 4.78 is 0. The van der Waals surface area contributed by atoms with Crippen LogP contribution in [0.2, 0.25) is 0 Å². The van der Waals surface area contributed by atoms with Gasteiger partial charge in [0.05, 0.1) is 0 Å². The Bertz CT molecular complexity index is 8.00. The molecule has 18 valence electrons. The van der Waals surface area contributed by atoms with Gasteiger partial charge in [-0.1, -0.05) is 0 Å². The number of hydrogen-bond donors (Lipinski definition) is 0. The molecule has 0 bridgehead atoms. The predicted molar refractivity (Wildman–Crippen MR) is 11.5 cm³/mol. The zero-order valence-corrected chi connectivity index (χ0v) is 7.93. The van der Waals surface area contributed by atoms with Gasteiger partial charge in [-0.2, -0.15) is 0 Å². The summed E-state index contributed by atoms with van der Waals surface area (Å²) in [5.74, 6) is 0. The fraction of sp³-hybridized carbons (Fsp3) is 0. The van der Waals surface area contributed by atoms with Crippen molar-refractivity contribution in [1.82, 2.24) is 0 Å². The molecule has 4 heavy (non-hydrogen) atoms. The van der Waals surface area contributed by atoms with E-state index in [2.05, 4.69) is 0 Å². The first-order chi connectivity index (χ1) is 0. The van der Waals surface area contributed by atoms with E-state index in [4.69, 9.17) is 0 Å². The first kappa shape index (κ1) is 29.8. The van der Waals surface area contributed by atoms with Crippen molar-refractivity contribution in [1.29, 1.82) is 0 Å².